The number of hydrogen-bond donors (Lipinski definition) is 1. The van der Waals surface area contributed by atoms with Gasteiger partial charge in [0.25, 0.3) is 11.6 Å². The van der Waals surface area contributed by atoms with Gasteiger partial charge >= 0.3 is 0 Å². The van der Waals surface area contributed by atoms with Gasteiger partial charge in [0.15, 0.2) is 0 Å². The highest BCUT2D eigenvalue weighted by molar-refractivity contribution is 6.31. The van der Waals surface area contributed by atoms with Gasteiger partial charge in [-0.25, -0.2) is 0 Å². The number of rotatable bonds is 5. The van der Waals surface area contributed by atoms with Crippen LogP contribution in [0.2, 0.25) is 5.02 Å². The average molecular weight is 298 g/mol. The van der Waals surface area contributed by atoms with Gasteiger partial charge < -0.3 is 10.6 Å². The summed E-state index contributed by atoms with van der Waals surface area (Å²) in [6.07, 6.45) is 2.09. The van der Waals surface area contributed by atoms with E-state index in [0.29, 0.717) is 12.5 Å². The van der Waals surface area contributed by atoms with E-state index < -0.39 is 10.8 Å². The van der Waals surface area contributed by atoms with Gasteiger partial charge in [0, 0.05) is 30.7 Å². The predicted molar refractivity (Wildman–Crippen MR) is 75.8 cm³/mol. The van der Waals surface area contributed by atoms with Gasteiger partial charge in [0.2, 0.25) is 0 Å². The Bertz CT molecular complexity index is 546. The number of amides is 1. The van der Waals surface area contributed by atoms with Gasteiger partial charge in [-0.15, -0.1) is 0 Å². The summed E-state index contributed by atoms with van der Waals surface area (Å²) in [5.41, 5.74) is 5.47. The fourth-order valence-corrected chi connectivity index (χ4v) is 2.49. The molecule has 0 aromatic heterocycles. The Morgan fingerprint density at radius 3 is 2.75 bits per heavy atom. The van der Waals surface area contributed by atoms with Crippen LogP contribution in [0.25, 0.3) is 0 Å². The van der Waals surface area contributed by atoms with Crippen LogP contribution in [-0.4, -0.2) is 35.4 Å². The molecule has 20 heavy (non-hydrogen) atoms. The molecule has 108 valence electrons. The summed E-state index contributed by atoms with van der Waals surface area (Å²) in [5.74, 6) is 0.0102. The summed E-state index contributed by atoms with van der Waals surface area (Å²) in [6, 6.07) is 3.99. The minimum atomic E-state index is -0.596. The third-order valence-electron chi connectivity index (χ3n) is 3.61. The quantitative estimate of drug-likeness (QED) is 0.665. The maximum Gasteiger partial charge on any atom is 0.283 e. The largest absolute Gasteiger partial charge is 0.337 e. The molecular weight excluding hydrogens is 282 g/mol. The van der Waals surface area contributed by atoms with Gasteiger partial charge in [0.05, 0.1) is 4.92 Å². The molecular formula is C13H16ClN3O3. The maximum absolute atomic E-state index is 12.4. The van der Waals surface area contributed by atoms with Crippen molar-refractivity contribution in [2.75, 3.05) is 13.6 Å². The first-order valence-corrected chi connectivity index (χ1v) is 6.74. The van der Waals surface area contributed by atoms with Gasteiger partial charge in [-0.05, 0) is 30.9 Å². The second kappa shape index (κ2) is 5.76. The molecule has 1 saturated carbocycles. The van der Waals surface area contributed by atoms with Gasteiger partial charge in [-0.1, -0.05) is 11.6 Å². The molecule has 1 atom stereocenters. The highest BCUT2D eigenvalue weighted by atomic mass is 35.5. The third-order valence-corrected chi connectivity index (χ3v) is 3.85. The summed E-state index contributed by atoms with van der Waals surface area (Å²) in [5, 5.41) is 11.3. The number of nitrogens with zero attached hydrogens (tertiary/aromatic N) is 2. The molecule has 2 N–H and O–H groups in total. The lowest BCUT2D eigenvalue weighted by atomic mass is 10.1. The molecule has 0 spiro atoms. The Hall–Kier alpha value is -1.66. The SMILES string of the molecule is CN(C(=O)c1ccc(Cl)cc1[N+](=O)[O-])C(CN)C1CC1. The first kappa shape index (κ1) is 14.7. The molecule has 1 fully saturated rings. The molecule has 0 heterocycles. The Morgan fingerprint density at radius 1 is 1.60 bits per heavy atom. The molecule has 1 amide bonds. The Morgan fingerprint density at radius 2 is 2.25 bits per heavy atom. The smallest absolute Gasteiger partial charge is 0.283 e. The summed E-state index contributed by atoms with van der Waals surface area (Å²) in [7, 11) is 1.64. The molecule has 1 aliphatic rings. The minimum Gasteiger partial charge on any atom is -0.337 e. The van der Waals surface area contributed by atoms with E-state index in [1.165, 1.54) is 23.1 Å². The molecule has 6 nitrogen and oxygen atoms in total. The number of benzene rings is 1. The number of nitrogens with two attached hydrogens (primary N) is 1. The molecule has 1 unspecified atom stereocenters. The van der Waals surface area contributed by atoms with E-state index in [4.69, 9.17) is 17.3 Å². The van der Waals surface area contributed by atoms with E-state index in [-0.39, 0.29) is 22.3 Å². The monoisotopic (exact) mass is 297 g/mol. The number of nitro benzene ring substituents is 1. The second-order valence-corrected chi connectivity index (χ2v) is 5.41. The van der Waals surface area contributed by atoms with E-state index in [1.54, 1.807) is 7.05 Å². The number of carbonyl (C=O) groups is 1. The lowest BCUT2D eigenvalue weighted by Gasteiger charge is -2.27. The zero-order valence-corrected chi connectivity index (χ0v) is 11.8. The van der Waals surface area contributed by atoms with Crippen molar-refractivity contribution in [3.8, 4) is 0 Å². The topological polar surface area (TPSA) is 89.5 Å². The first-order chi connectivity index (χ1) is 9.45. The number of hydrogen-bond acceptors (Lipinski definition) is 4. The molecule has 1 aromatic carbocycles. The Balaban J connectivity index is 2.30. The van der Waals surface area contributed by atoms with Crippen LogP contribution in [0.1, 0.15) is 23.2 Å². The van der Waals surface area contributed by atoms with E-state index in [2.05, 4.69) is 0 Å². The summed E-state index contributed by atoms with van der Waals surface area (Å²) >= 11 is 5.75. The molecule has 1 aliphatic carbocycles. The zero-order chi connectivity index (χ0) is 14.9. The van der Waals surface area contributed by atoms with E-state index >= 15 is 0 Å². The first-order valence-electron chi connectivity index (χ1n) is 6.37. The molecule has 0 saturated heterocycles. The van der Waals surface area contributed by atoms with Crippen LogP contribution in [0.4, 0.5) is 5.69 Å². The second-order valence-electron chi connectivity index (χ2n) is 4.98. The fourth-order valence-electron chi connectivity index (χ4n) is 2.33. The average Bonchev–Trinajstić information content (AvgIpc) is 3.23. The van der Waals surface area contributed by atoms with Crippen LogP contribution < -0.4 is 5.73 Å². The van der Waals surface area contributed by atoms with Crippen LogP contribution in [0, 0.1) is 16.0 Å². The van der Waals surface area contributed by atoms with E-state index in [9.17, 15) is 14.9 Å². The number of halogens is 1. The molecule has 7 heteroatoms. The van der Waals surface area contributed by atoms with Crippen LogP contribution in [0.3, 0.4) is 0 Å². The van der Waals surface area contributed by atoms with E-state index in [1.807, 2.05) is 0 Å². The number of nitro groups is 1. The van der Waals surface area contributed by atoms with Crippen molar-refractivity contribution in [3.05, 3.63) is 38.9 Å². The van der Waals surface area contributed by atoms with Gasteiger partial charge in [0.1, 0.15) is 5.56 Å². The van der Waals surface area contributed by atoms with Crippen LogP contribution in [0.5, 0.6) is 0 Å². The summed E-state index contributed by atoms with van der Waals surface area (Å²) < 4.78 is 0. The van der Waals surface area contributed by atoms with Crippen molar-refractivity contribution in [3.63, 3.8) is 0 Å². The maximum atomic E-state index is 12.4. The Kier molecular flexibility index (Phi) is 4.25. The number of likely N-dealkylation sites (N-methyl/N-ethyl adjacent to an activating group) is 1. The zero-order valence-electron chi connectivity index (χ0n) is 11.1. The van der Waals surface area contributed by atoms with Gasteiger partial charge in [-0.3, -0.25) is 14.9 Å². The molecule has 1 aromatic rings. The molecule has 2 rings (SSSR count). The van der Waals surface area contributed by atoms with Gasteiger partial charge in [-0.2, -0.15) is 0 Å². The predicted octanol–water partition coefficient (Wildman–Crippen LogP) is 2.06. The van der Waals surface area contributed by atoms with Crippen molar-refractivity contribution in [1.29, 1.82) is 0 Å². The van der Waals surface area contributed by atoms with Crippen molar-refractivity contribution in [1.82, 2.24) is 4.90 Å². The normalized spacial score (nSPS) is 15.8. The molecule has 0 aliphatic heterocycles. The van der Waals surface area contributed by atoms with E-state index in [0.717, 1.165) is 12.8 Å². The van der Waals surface area contributed by atoms with Crippen molar-refractivity contribution in [2.45, 2.75) is 18.9 Å². The van der Waals surface area contributed by atoms with Crippen molar-refractivity contribution < 1.29 is 9.72 Å². The van der Waals surface area contributed by atoms with Crippen LogP contribution in [-0.2, 0) is 0 Å². The number of carbonyl (C=O) groups excluding carboxylic acids is 1. The third kappa shape index (κ3) is 2.91. The molecule has 0 radical (unpaired) electrons. The highest BCUT2D eigenvalue weighted by Crippen LogP contribution is 2.35. The van der Waals surface area contributed by atoms with Crippen molar-refractivity contribution in [2.24, 2.45) is 11.7 Å². The molecule has 0 bridgehead atoms. The van der Waals surface area contributed by atoms with Crippen LogP contribution in [0.15, 0.2) is 18.2 Å². The van der Waals surface area contributed by atoms with Crippen molar-refractivity contribution >= 4 is 23.2 Å². The summed E-state index contributed by atoms with van der Waals surface area (Å²) in [6.45, 7) is 0.355. The minimum absolute atomic E-state index is 0.0426. The lowest BCUT2D eigenvalue weighted by Crippen LogP contribution is -2.43. The van der Waals surface area contributed by atoms with Crippen LogP contribution >= 0.6 is 11.6 Å². The Labute approximate surface area is 121 Å². The highest BCUT2D eigenvalue weighted by Gasteiger charge is 2.36. The summed E-state index contributed by atoms with van der Waals surface area (Å²) in [4.78, 5) is 24.4. The standard InChI is InChI=1S/C13H16ClN3O3/c1-16(12(7-15)8-2-3-8)13(18)10-5-4-9(14)6-11(10)17(19)20/h4-6,8,12H,2-3,7,15H2,1H3. The fraction of sp³-hybridized carbons (Fsp3) is 0.462. The lowest BCUT2D eigenvalue weighted by molar-refractivity contribution is -0.385.